The SMILES string of the molecule is Cc1oc(C(=O)O)cc1CNC(C)(C)C(C)O. The van der Waals surface area contributed by atoms with Crippen LogP contribution in [0.25, 0.3) is 0 Å². The summed E-state index contributed by atoms with van der Waals surface area (Å²) >= 11 is 0. The molecule has 0 saturated heterocycles. The zero-order chi connectivity index (χ0) is 13.2. The number of hydrogen-bond donors (Lipinski definition) is 3. The quantitative estimate of drug-likeness (QED) is 0.728. The number of aliphatic hydroxyl groups is 1. The highest BCUT2D eigenvalue weighted by molar-refractivity contribution is 5.84. The van der Waals surface area contributed by atoms with E-state index < -0.39 is 17.6 Å². The minimum atomic E-state index is -1.07. The molecule has 1 aromatic rings. The van der Waals surface area contributed by atoms with Crippen LogP contribution in [0.1, 0.15) is 42.6 Å². The lowest BCUT2D eigenvalue weighted by Crippen LogP contribution is -2.47. The van der Waals surface area contributed by atoms with Gasteiger partial charge in [0.25, 0.3) is 0 Å². The molecule has 5 heteroatoms. The highest BCUT2D eigenvalue weighted by Crippen LogP contribution is 2.16. The molecule has 0 radical (unpaired) electrons. The zero-order valence-electron chi connectivity index (χ0n) is 10.6. The van der Waals surface area contributed by atoms with Crippen LogP contribution in [0.3, 0.4) is 0 Å². The van der Waals surface area contributed by atoms with Gasteiger partial charge in [0.15, 0.2) is 0 Å². The number of carboxylic acid groups (broad SMARTS) is 1. The van der Waals surface area contributed by atoms with Crippen LogP contribution in [0.5, 0.6) is 0 Å². The Morgan fingerprint density at radius 2 is 2.18 bits per heavy atom. The molecule has 0 aromatic carbocycles. The number of aliphatic hydroxyl groups excluding tert-OH is 1. The minimum Gasteiger partial charge on any atom is -0.475 e. The third kappa shape index (κ3) is 3.31. The summed E-state index contributed by atoms with van der Waals surface area (Å²) in [4.78, 5) is 10.7. The van der Waals surface area contributed by atoms with Crippen molar-refractivity contribution in [2.45, 2.75) is 45.9 Å². The van der Waals surface area contributed by atoms with Gasteiger partial charge in [-0.05, 0) is 33.8 Å². The van der Waals surface area contributed by atoms with Crippen LogP contribution < -0.4 is 5.32 Å². The lowest BCUT2D eigenvalue weighted by Gasteiger charge is -2.29. The number of aryl methyl sites for hydroxylation is 1. The second-order valence-corrected chi connectivity index (χ2v) is 4.75. The molecule has 0 spiro atoms. The summed E-state index contributed by atoms with van der Waals surface area (Å²) in [6.07, 6.45) is -0.506. The Morgan fingerprint density at radius 1 is 1.59 bits per heavy atom. The summed E-state index contributed by atoms with van der Waals surface area (Å²) < 4.78 is 5.10. The summed E-state index contributed by atoms with van der Waals surface area (Å²) in [7, 11) is 0. The number of rotatable bonds is 5. The van der Waals surface area contributed by atoms with Crippen LogP contribution in [0.4, 0.5) is 0 Å². The van der Waals surface area contributed by atoms with Crippen molar-refractivity contribution in [1.29, 1.82) is 0 Å². The van der Waals surface area contributed by atoms with Crippen molar-refractivity contribution < 1.29 is 19.4 Å². The summed E-state index contributed by atoms with van der Waals surface area (Å²) in [5, 5.41) is 21.5. The average Bonchev–Trinajstić information content (AvgIpc) is 2.57. The summed E-state index contributed by atoms with van der Waals surface area (Å²) in [5.74, 6) is -0.556. The van der Waals surface area contributed by atoms with E-state index in [1.165, 1.54) is 6.07 Å². The van der Waals surface area contributed by atoms with E-state index >= 15 is 0 Å². The van der Waals surface area contributed by atoms with Gasteiger partial charge in [-0.2, -0.15) is 0 Å². The van der Waals surface area contributed by atoms with E-state index in [4.69, 9.17) is 9.52 Å². The number of furan rings is 1. The molecule has 1 aromatic heterocycles. The van der Waals surface area contributed by atoms with Crippen molar-refractivity contribution in [3.8, 4) is 0 Å². The number of carbonyl (C=O) groups is 1. The van der Waals surface area contributed by atoms with Crippen LogP contribution in [-0.4, -0.2) is 27.8 Å². The first-order valence-electron chi connectivity index (χ1n) is 5.49. The van der Waals surface area contributed by atoms with Crippen molar-refractivity contribution in [1.82, 2.24) is 5.32 Å². The van der Waals surface area contributed by atoms with Gasteiger partial charge in [-0.1, -0.05) is 0 Å². The third-order valence-electron chi connectivity index (χ3n) is 3.01. The fraction of sp³-hybridized carbons (Fsp3) is 0.583. The van der Waals surface area contributed by atoms with Gasteiger partial charge in [-0.3, -0.25) is 0 Å². The maximum atomic E-state index is 10.7. The van der Waals surface area contributed by atoms with Gasteiger partial charge in [0.1, 0.15) is 5.76 Å². The average molecular weight is 241 g/mol. The zero-order valence-corrected chi connectivity index (χ0v) is 10.6. The molecule has 0 aliphatic rings. The molecule has 1 atom stereocenters. The molecule has 1 rings (SSSR count). The van der Waals surface area contributed by atoms with Gasteiger partial charge in [0.2, 0.25) is 5.76 Å². The first kappa shape index (κ1) is 13.7. The molecule has 5 nitrogen and oxygen atoms in total. The fourth-order valence-electron chi connectivity index (χ4n) is 1.27. The summed E-state index contributed by atoms with van der Waals surface area (Å²) in [5.41, 5.74) is 0.351. The Labute approximate surface area is 100 Å². The Morgan fingerprint density at radius 3 is 2.59 bits per heavy atom. The van der Waals surface area contributed by atoms with Gasteiger partial charge in [-0.15, -0.1) is 0 Å². The molecule has 17 heavy (non-hydrogen) atoms. The molecule has 0 bridgehead atoms. The van der Waals surface area contributed by atoms with Crippen LogP contribution in [0.15, 0.2) is 10.5 Å². The van der Waals surface area contributed by atoms with Crippen molar-refractivity contribution in [3.63, 3.8) is 0 Å². The fourth-order valence-corrected chi connectivity index (χ4v) is 1.27. The topological polar surface area (TPSA) is 82.7 Å². The molecule has 0 saturated carbocycles. The first-order chi connectivity index (χ1) is 7.74. The van der Waals surface area contributed by atoms with E-state index in [-0.39, 0.29) is 5.76 Å². The second-order valence-electron chi connectivity index (χ2n) is 4.75. The summed E-state index contributed by atoms with van der Waals surface area (Å²) in [6.45, 7) is 7.65. The normalized spacial score (nSPS) is 13.7. The highest BCUT2D eigenvalue weighted by atomic mass is 16.4. The first-order valence-corrected chi connectivity index (χ1v) is 5.49. The molecular formula is C12H19NO4. The van der Waals surface area contributed by atoms with Gasteiger partial charge < -0.3 is 19.9 Å². The smallest absolute Gasteiger partial charge is 0.371 e. The lowest BCUT2D eigenvalue weighted by atomic mass is 9.98. The van der Waals surface area contributed by atoms with Crippen molar-refractivity contribution in [2.75, 3.05) is 0 Å². The van der Waals surface area contributed by atoms with Gasteiger partial charge in [0, 0.05) is 17.6 Å². The monoisotopic (exact) mass is 241 g/mol. The predicted octanol–water partition coefficient (Wildman–Crippen LogP) is 1.54. The number of nitrogens with one attached hydrogen (secondary N) is 1. The third-order valence-corrected chi connectivity index (χ3v) is 3.01. The molecule has 1 unspecified atom stereocenters. The van der Waals surface area contributed by atoms with E-state index in [0.717, 1.165) is 5.56 Å². The maximum Gasteiger partial charge on any atom is 0.371 e. The lowest BCUT2D eigenvalue weighted by molar-refractivity contribution is 0.0661. The van der Waals surface area contributed by atoms with Crippen molar-refractivity contribution >= 4 is 5.97 Å². The molecule has 0 fully saturated rings. The molecule has 0 aliphatic carbocycles. The Hall–Kier alpha value is -1.33. The molecule has 1 heterocycles. The Balaban J connectivity index is 2.73. The van der Waals surface area contributed by atoms with E-state index in [1.807, 2.05) is 13.8 Å². The van der Waals surface area contributed by atoms with Crippen LogP contribution in [0, 0.1) is 6.92 Å². The molecule has 96 valence electrons. The van der Waals surface area contributed by atoms with E-state index in [2.05, 4.69) is 5.32 Å². The van der Waals surface area contributed by atoms with Gasteiger partial charge in [-0.25, -0.2) is 4.79 Å². The van der Waals surface area contributed by atoms with Crippen molar-refractivity contribution in [2.24, 2.45) is 0 Å². The highest BCUT2D eigenvalue weighted by Gasteiger charge is 2.24. The number of aromatic carboxylic acids is 1. The van der Waals surface area contributed by atoms with Crippen LogP contribution in [-0.2, 0) is 6.54 Å². The van der Waals surface area contributed by atoms with Crippen LogP contribution >= 0.6 is 0 Å². The van der Waals surface area contributed by atoms with E-state index in [1.54, 1.807) is 13.8 Å². The summed E-state index contributed by atoms with van der Waals surface area (Å²) in [6, 6.07) is 1.50. The predicted molar refractivity (Wildman–Crippen MR) is 63.0 cm³/mol. The van der Waals surface area contributed by atoms with Gasteiger partial charge in [0.05, 0.1) is 6.10 Å². The number of hydrogen-bond acceptors (Lipinski definition) is 4. The maximum absolute atomic E-state index is 10.7. The molecule has 3 N–H and O–H groups in total. The number of carboxylic acids is 1. The molecular weight excluding hydrogens is 222 g/mol. The Kier molecular flexibility index (Phi) is 3.95. The van der Waals surface area contributed by atoms with E-state index in [0.29, 0.717) is 12.3 Å². The molecule has 0 aliphatic heterocycles. The standard InChI is InChI=1S/C12H19NO4/c1-7-9(5-10(17-7)11(15)16)6-13-12(3,4)8(2)14/h5,8,13-14H,6H2,1-4H3,(H,15,16). The van der Waals surface area contributed by atoms with Crippen LogP contribution in [0.2, 0.25) is 0 Å². The minimum absolute atomic E-state index is 0.0610. The van der Waals surface area contributed by atoms with Gasteiger partial charge >= 0.3 is 5.97 Å². The Bertz CT molecular complexity index is 407. The second kappa shape index (κ2) is 4.89. The largest absolute Gasteiger partial charge is 0.475 e. The van der Waals surface area contributed by atoms with E-state index in [9.17, 15) is 9.90 Å². The van der Waals surface area contributed by atoms with Crippen molar-refractivity contribution in [3.05, 3.63) is 23.2 Å². The molecule has 0 amide bonds.